The van der Waals surface area contributed by atoms with E-state index in [-0.39, 0.29) is 5.75 Å². The van der Waals surface area contributed by atoms with Crippen LogP contribution in [0.5, 0.6) is 5.75 Å². The Kier molecular flexibility index (Phi) is 4.79. The van der Waals surface area contributed by atoms with Gasteiger partial charge in [-0.1, -0.05) is 13.8 Å². The second-order valence-corrected chi connectivity index (χ2v) is 3.57. The predicted molar refractivity (Wildman–Crippen MR) is 64.4 cm³/mol. The number of rotatable bonds is 6. The highest BCUT2D eigenvalue weighted by Gasteiger charge is 2.06. The van der Waals surface area contributed by atoms with Crippen molar-refractivity contribution >= 4 is 12.1 Å². The van der Waals surface area contributed by atoms with Crippen molar-refractivity contribution in [2.45, 2.75) is 20.4 Å². The maximum Gasteiger partial charge on any atom is 0.211 e. The van der Waals surface area contributed by atoms with Crippen LogP contribution in [0.3, 0.4) is 0 Å². The molecule has 0 saturated heterocycles. The summed E-state index contributed by atoms with van der Waals surface area (Å²) < 4.78 is 0. The fourth-order valence-electron chi connectivity index (χ4n) is 1.56. The number of phenolic OH excluding ortho intramolecular Hbond substituents is 1. The van der Waals surface area contributed by atoms with E-state index in [0.29, 0.717) is 18.6 Å². The monoisotopic (exact) mass is 222 g/mol. The predicted octanol–water partition coefficient (Wildman–Crippen LogP) is 1.80. The van der Waals surface area contributed by atoms with Crippen LogP contribution in [0.1, 0.15) is 19.4 Å². The van der Waals surface area contributed by atoms with E-state index in [2.05, 4.69) is 24.1 Å². The Morgan fingerprint density at radius 2 is 2.06 bits per heavy atom. The number of hydrogen-bond acceptors (Lipinski definition) is 3. The SMILES string of the molecule is CCN(CC)Cc1cc(NC=O)ccc1O. The zero-order valence-electron chi connectivity index (χ0n) is 9.73. The molecule has 4 heteroatoms. The lowest BCUT2D eigenvalue weighted by Crippen LogP contribution is -2.22. The third-order valence-electron chi connectivity index (χ3n) is 2.59. The van der Waals surface area contributed by atoms with Crippen molar-refractivity contribution in [3.63, 3.8) is 0 Å². The minimum Gasteiger partial charge on any atom is -0.508 e. The molecule has 2 N–H and O–H groups in total. The Bertz CT molecular complexity index is 349. The van der Waals surface area contributed by atoms with E-state index >= 15 is 0 Å². The summed E-state index contributed by atoms with van der Waals surface area (Å²) in [6.45, 7) is 6.71. The number of hydrogen-bond donors (Lipinski definition) is 2. The van der Waals surface area contributed by atoms with Gasteiger partial charge in [0.15, 0.2) is 0 Å². The molecule has 0 radical (unpaired) electrons. The summed E-state index contributed by atoms with van der Waals surface area (Å²) in [7, 11) is 0. The van der Waals surface area contributed by atoms with Gasteiger partial charge in [-0.25, -0.2) is 0 Å². The van der Waals surface area contributed by atoms with Gasteiger partial charge in [-0.2, -0.15) is 0 Å². The molecule has 1 aromatic rings. The second-order valence-electron chi connectivity index (χ2n) is 3.57. The first-order valence-electron chi connectivity index (χ1n) is 5.45. The van der Waals surface area contributed by atoms with Crippen LogP contribution in [0, 0.1) is 0 Å². The topological polar surface area (TPSA) is 52.6 Å². The Labute approximate surface area is 95.9 Å². The molecule has 1 amide bonds. The summed E-state index contributed by atoms with van der Waals surface area (Å²) in [5.74, 6) is 0.267. The maximum atomic E-state index is 10.3. The fourth-order valence-corrected chi connectivity index (χ4v) is 1.56. The standard InChI is InChI=1S/C12H18N2O2/c1-3-14(4-2)8-10-7-11(13-9-15)5-6-12(10)16/h5-7,9,16H,3-4,8H2,1-2H3,(H,13,15). The lowest BCUT2D eigenvalue weighted by Gasteiger charge is -2.19. The van der Waals surface area contributed by atoms with Gasteiger partial charge in [0.2, 0.25) is 6.41 Å². The fraction of sp³-hybridized carbons (Fsp3) is 0.417. The lowest BCUT2D eigenvalue weighted by atomic mass is 10.1. The van der Waals surface area contributed by atoms with E-state index in [1.165, 1.54) is 0 Å². The highest BCUT2D eigenvalue weighted by molar-refractivity contribution is 5.72. The molecule has 0 fully saturated rings. The molecule has 16 heavy (non-hydrogen) atoms. The van der Waals surface area contributed by atoms with Crippen LogP contribution >= 0.6 is 0 Å². The van der Waals surface area contributed by atoms with Crippen LogP contribution in [-0.4, -0.2) is 29.5 Å². The molecule has 0 aliphatic heterocycles. The van der Waals surface area contributed by atoms with Gasteiger partial charge in [0.05, 0.1) is 0 Å². The summed E-state index contributed by atoms with van der Waals surface area (Å²) in [5.41, 5.74) is 1.53. The lowest BCUT2D eigenvalue weighted by molar-refractivity contribution is -0.105. The smallest absolute Gasteiger partial charge is 0.211 e. The molecule has 4 nitrogen and oxygen atoms in total. The number of benzene rings is 1. The second kappa shape index (κ2) is 6.12. The molecule has 0 atom stereocenters. The van der Waals surface area contributed by atoms with E-state index in [1.54, 1.807) is 18.2 Å². The van der Waals surface area contributed by atoms with Crippen molar-refractivity contribution in [2.75, 3.05) is 18.4 Å². The summed E-state index contributed by atoms with van der Waals surface area (Å²) in [6.07, 6.45) is 0.633. The highest BCUT2D eigenvalue weighted by Crippen LogP contribution is 2.22. The number of nitrogens with zero attached hydrogens (tertiary/aromatic N) is 1. The van der Waals surface area contributed by atoms with Crippen molar-refractivity contribution in [2.24, 2.45) is 0 Å². The largest absolute Gasteiger partial charge is 0.508 e. The Hall–Kier alpha value is -1.55. The van der Waals surface area contributed by atoms with E-state index in [0.717, 1.165) is 18.7 Å². The van der Waals surface area contributed by atoms with Crippen LogP contribution in [0.4, 0.5) is 5.69 Å². The van der Waals surface area contributed by atoms with Crippen molar-refractivity contribution in [1.29, 1.82) is 0 Å². The van der Waals surface area contributed by atoms with Gasteiger partial charge in [0, 0.05) is 17.8 Å². The van der Waals surface area contributed by atoms with Gasteiger partial charge in [-0.05, 0) is 31.3 Å². The number of anilines is 1. The zero-order valence-corrected chi connectivity index (χ0v) is 9.73. The molecule has 0 bridgehead atoms. The molecule has 0 saturated carbocycles. The van der Waals surface area contributed by atoms with Crippen molar-refractivity contribution in [3.8, 4) is 5.75 Å². The summed E-state index contributed by atoms with van der Waals surface area (Å²) in [4.78, 5) is 12.5. The average molecular weight is 222 g/mol. The highest BCUT2D eigenvalue weighted by atomic mass is 16.3. The van der Waals surface area contributed by atoms with Crippen LogP contribution in [-0.2, 0) is 11.3 Å². The van der Waals surface area contributed by atoms with E-state index < -0.39 is 0 Å². The van der Waals surface area contributed by atoms with Crippen LogP contribution in [0.2, 0.25) is 0 Å². The molecule has 0 spiro atoms. The Morgan fingerprint density at radius 3 is 2.62 bits per heavy atom. The molecule has 88 valence electrons. The van der Waals surface area contributed by atoms with E-state index in [9.17, 15) is 9.90 Å². The normalized spacial score (nSPS) is 10.4. The third-order valence-corrected chi connectivity index (χ3v) is 2.59. The molecule has 0 aromatic heterocycles. The molecule has 0 aliphatic rings. The van der Waals surface area contributed by atoms with Crippen LogP contribution in [0.25, 0.3) is 0 Å². The molecule has 0 heterocycles. The first-order valence-corrected chi connectivity index (χ1v) is 5.45. The van der Waals surface area contributed by atoms with Gasteiger partial charge in [-0.15, -0.1) is 0 Å². The van der Waals surface area contributed by atoms with Crippen molar-refractivity contribution in [3.05, 3.63) is 23.8 Å². The summed E-state index contributed by atoms with van der Waals surface area (Å²) in [5, 5.41) is 12.3. The maximum absolute atomic E-state index is 10.3. The van der Waals surface area contributed by atoms with Gasteiger partial charge in [0.1, 0.15) is 5.75 Å². The average Bonchev–Trinajstić information content (AvgIpc) is 2.30. The number of aromatic hydroxyl groups is 1. The van der Waals surface area contributed by atoms with Crippen LogP contribution in [0.15, 0.2) is 18.2 Å². The van der Waals surface area contributed by atoms with E-state index in [1.807, 2.05) is 0 Å². The molecule has 0 aliphatic carbocycles. The number of carbonyl (C=O) groups excluding carboxylic acids is 1. The van der Waals surface area contributed by atoms with Crippen LogP contribution < -0.4 is 5.32 Å². The number of amides is 1. The first kappa shape index (κ1) is 12.5. The first-order chi connectivity index (χ1) is 7.71. The molecular weight excluding hydrogens is 204 g/mol. The van der Waals surface area contributed by atoms with Crippen molar-refractivity contribution < 1.29 is 9.90 Å². The number of carbonyl (C=O) groups is 1. The van der Waals surface area contributed by atoms with Gasteiger partial charge >= 0.3 is 0 Å². The zero-order chi connectivity index (χ0) is 12.0. The Balaban J connectivity index is 2.84. The molecule has 1 aromatic carbocycles. The number of phenols is 1. The van der Waals surface area contributed by atoms with Gasteiger partial charge < -0.3 is 10.4 Å². The van der Waals surface area contributed by atoms with Crippen molar-refractivity contribution in [1.82, 2.24) is 4.90 Å². The molecule has 1 rings (SSSR count). The quantitative estimate of drug-likeness (QED) is 0.570. The summed E-state index contributed by atoms with van der Waals surface area (Å²) in [6, 6.07) is 5.07. The Morgan fingerprint density at radius 1 is 1.38 bits per heavy atom. The minimum atomic E-state index is 0.267. The van der Waals surface area contributed by atoms with Gasteiger partial charge in [0.25, 0.3) is 0 Å². The van der Waals surface area contributed by atoms with E-state index in [4.69, 9.17) is 0 Å². The molecular formula is C12H18N2O2. The molecule has 0 unspecified atom stereocenters. The third kappa shape index (κ3) is 3.24. The summed E-state index contributed by atoms with van der Waals surface area (Å²) >= 11 is 0. The minimum absolute atomic E-state index is 0.267. The van der Waals surface area contributed by atoms with Gasteiger partial charge in [-0.3, -0.25) is 9.69 Å². The number of nitrogens with one attached hydrogen (secondary N) is 1.